The molecule has 0 spiro atoms. The Hall–Kier alpha value is -6.45. The quantitative estimate of drug-likeness (QED) is 0.199. The summed E-state index contributed by atoms with van der Waals surface area (Å²) in [6, 6.07) is 36.6. The molecule has 0 saturated heterocycles. The first-order valence-corrected chi connectivity index (χ1v) is 13.8. The first-order chi connectivity index (χ1) is 21.1. The average Bonchev–Trinajstić information content (AvgIpc) is 3.56. The molecule has 2 heterocycles. The van der Waals surface area contributed by atoms with Gasteiger partial charge < -0.3 is 0 Å². The number of rotatable bonds is 3. The highest BCUT2D eigenvalue weighted by Gasteiger charge is 2.18. The Balaban J connectivity index is 1.45. The predicted octanol–water partition coefficient (Wildman–Crippen LogP) is 7.88. The van der Waals surface area contributed by atoms with Crippen molar-refractivity contribution in [2.24, 2.45) is 0 Å². The molecule has 7 aromatic rings. The van der Waals surface area contributed by atoms with Gasteiger partial charge in [-0.15, -0.1) is 0 Å². The van der Waals surface area contributed by atoms with E-state index < -0.39 is 0 Å². The molecule has 0 fully saturated rings. The van der Waals surface area contributed by atoms with Gasteiger partial charge in [0.25, 0.3) is 0 Å². The molecule has 8 heteroatoms. The number of hydrogen-bond acceptors (Lipinski definition) is 8. The number of pyridine rings is 1. The van der Waals surface area contributed by atoms with Gasteiger partial charge >= 0.3 is 0 Å². The van der Waals surface area contributed by atoms with Crippen LogP contribution in [-0.4, -0.2) is 13.7 Å². The number of nitrogens with zero attached hydrogens (tertiary/aromatic N) is 7. The molecule has 2 aromatic heterocycles. The molecular weight excluding hydrogens is 551 g/mol. The van der Waals surface area contributed by atoms with Gasteiger partial charge in [0.15, 0.2) is 0 Å². The summed E-state index contributed by atoms with van der Waals surface area (Å²) >= 11 is 1.17. The second kappa shape index (κ2) is 10.2. The summed E-state index contributed by atoms with van der Waals surface area (Å²) in [6.45, 7) is 0. The van der Waals surface area contributed by atoms with Gasteiger partial charge in [-0.05, 0) is 59.2 Å². The molecule has 0 aliphatic rings. The summed E-state index contributed by atoms with van der Waals surface area (Å²) in [5, 5.41) is 41.1. The molecule has 0 aliphatic heterocycles. The van der Waals surface area contributed by atoms with Crippen LogP contribution in [0.4, 0.5) is 0 Å². The lowest BCUT2D eigenvalue weighted by Gasteiger charge is -2.13. The van der Waals surface area contributed by atoms with Gasteiger partial charge in [-0.3, -0.25) is 0 Å². The highest BCUT2D eigenvalue weighted by molar-refractivity contribution is 7.00. The van der Waals surface area contributed by atoms with E-state index in [1.54, 1.807) is 6.07 Å². The molecule has 7 nitrogen and oxygen atoms in total. The zero-order chi connectivity index (χ0) is 29.5. The van der Waals surface area contributed by atoms with Crippen molar-refractivity contribution in [1.29, 1.82) is 21.0 Å². The second-order valence-corrected chi connectivity index (χ2v) is 10.4. The van der Waals surface area contributed by atoms with Crippen LogP contribution in [0.3, 0.4) is 0 Å². The standard InChI is InChI=1S/C35H15N7S/c36-16-20-2-1-3-24(12-20)25-8-9-28-31(15-25)40-34(29-10-11-30-35(33(28)29)42-43-41-30)23-6-4-22(5-7-23)32-26(18-38)13-21(17-37)14-27(32)19-39/h1-15H. The predicted molar refractivity (Wildman–Crippen MR) is 165 cm³/mol. The molecule has 0 bridgehead atoms. The van der Waals surface area contributed by atoms with Gasteiger partial charge in [-0.2, -0.15) is 29.8 Å². The Morgan fingerprint density at radius 1 is 0.535 bits per heavy atom. The van der Waals surface area contributed by atoms with Crippen molar-refractivity contribution in [2.75, 3.05) is 0 Å². The van der Waals surface area contributed by atoms with Crippen molar-refractivity contribution in [1.82, 2.24) is 13.7 Å². The van der Waals surface area contributed by atoms with Crippen molar-refractivity contribution in [3.63, 3.8) is 0 Å². The van der Waals surface area contributed by atoms with Gasteiger partial charge in [-0.25, -0.2) is 4.98 Å². The summed E-state index contributed by atoms with van der Waals surface area (Å²) in [7, 11) is 0. The van der Waals surface area contributed by atoms with E-state index in [2.05, 4.69) is 27.0 Å². The lowest BCUT2D eigenvalue weighted by atomic mass is 9.92. The summed E-state index contributed by atoms with van der Waals surface area (Å²) < 4.78 is 9.08. The minimum absolute atomic E-state index is 0.266. The van der Waals surface area contributed by atoms with Crippen molar-refractivity contribution in [3.8, 4) is 57.8 Å². The number of aromatic nitrogens is 3. The summed E-state index contributed by atoms with van der Waals surface area (Å²) in [6.07, 6.45) is 0. The molecular formula is C35H15N7S. The van der Waals surface area contributed by atoms with E-state index in [0.717, 1.165) is 55.1 Å². The molecule has 0 unspecified atom stereocenters. The normalized spacial score (nSPS) is 10.7. The van der Waals surface area contributed by atoms with Crippen molar-refractivity contribution >= 4 is 44.4 Å². The fourth-order valence-corrected chi connectivity index (χ4v) is 6.04. The van der Waals surface area contributed by atoms with E-state index in [-0.39, 0.29) is 16.7 Å². The van der Waals surface area contributed by atoms with Crippen LogP contribution in [0, 0.1) is 45.3 Å². The molecule has 0 amide bonds. The van der Waals surface area contributed by atoms with Crippen LogP contribution in [0.15, 0.2) is 91.0 Å². The third-order valence-electron chi connectivity index (χ3n) is 7.46. The minimum atomic E-state index is 0.266. The fourth-order valence-electron chi connectivity index (χ4n) is 5.49. The third kappa shape index (κ3) is 4.21. The molecule has 0 N–H and O–H groups in total. The van der Waals surface area contributed by atoms with Gasteiger partial charge in [0.2, 0.25) is 0 Å². The molecule has 5 aromatic carbocycles. The Bertz CT molecular complexity index is 2410. The van der Waals surface area contributed by atoms with Crippen LogP contribution in [0.5, 0.6) is 0 Å². The Morgan fingerprint density at radius 2 is 1.21 bits per heavy atom. The van der Waals surface area contributed by atoms with Crippen molar-refractivity contribution < 1.29 is 0 Å². The number of benzene rings is 5. The largest absolute Gasteiger partial charge is 0.247 e. The van der Waals surface area contributed by atoms with E-state index in [1.807, 2.05) is 78.9 Å². The van der Waals surface area contributed by atoms with E-state index in [0.29, 0.717) is 16.7 Å². The van der Waals surface area contributed by atoms with Crippen LogP contribution < -0.4 is 0 Å². The Kier molecular flexibility index (Phi) is 6.04. The van der Waals surface area contributed by atoms with Crippen LogP contribution in [-0.2, 0) is 0 Å². The lowest BCUT2D eigenvalue weighted by Crippen LogP contribution is -1.94. The Morgan fingerprint density at radius 3 is 1.93 bits per heavy atom. The molecule has 0 radical (unpaired) electrons. The summed E-state index contributed by atoms with van der Waals surface area (Å²) in [5.74, 6) is 0. The van der Waals surface area contributed by atoms with Crippen molar-refractivity contribution in [3.05, 3.63) is 113 Å². The summed E-state index contributed by atoms with van der Waals surface area (Å²) in [5.41, 5.74) is 8.43. The van der Waals surface area contributed by atoms with Gasteiger partial charge in [-0.1, -0.05) is 48.5 Å². The highest BCUT2D eigenvalue weighted by Crippen LogP contribution is 2.39. The number of fused-ring (bicyclic) bond motifs is 5. The number of hydrogen-bond donors (Lipinski definition) is 0. The minimum Gasteiger partial charge on any atom is -0.247 e. The average molecular weight is 566 g/mol. The lowest BCUT2D eigenvalue weighted by molar-refractivity contribution is 1.40. The maximum atomic E-state index is 9.77. The van der Waals surface area contributed by atoms with Crippen molar-refractivity contribution in [2.45, 2.75) is 0 Å². The van der Waals surface area contributed by atoms with E-state index in [1.165, 1.54) is 23.9 Å². The van der Waals surface area contributed by atoms with Crippen LogP contribution in [0.1, 0.15) is 22.3 Å². The van der Waals surface area contributed by atoms with Gasteiger partial charge in [0.05, 0.1) is 69.5 Å². The summed E-state index contributed by atoms with van der Waals surface area (Å²) in [4.78, 5) is 5.14. The second-order valence-electron chi connectivity index (χ2n) is 9.86. The van der Waals surface area contributed by atoms with E-state index in [4.69, 9.17) is 4.98 Å². The zero-order valence-electron chi connectivity index (χ0n) is 22.2. The molecule has 0 saturated carbocycles. The first kappa shape index (κ1) is 25.5. The SMILES string of the molecule is N#Cc1cccc(-c2ccc3c(c2)nc(-c2ccc(-c4c(C#N)cc(C#N)cc4C#N)cc2)c2ccc4nsnc4c23)c1. The van der Waals surface area contributed by atoms with E-state index >= 15 is 0 Å². The first-order valence-electron chi connectivity index (χ1n) is 13.1. The molecule has 0 aliphatic carbocycles. The monoisotopic (exact) mass is 565 g/mol. The zero-order valence-corrected chi connectivity index (χ0v) is 23.0. The fraction of sp³-hybridized carbons (Fsp3) is 0. The smallest absolute Gasteiger partial charge is 0.113 e. The van der Waals surface area contributed by atoms with Gasteiger partial charge in [0, 0.05) is 27.3 Å². The van der Waals surface area contributed by atoms with Crippen LogP contribution in [0.2, 0.25) is 0 Å². The molecule has 196 valence electrons. The maximum absolute atomic E-state index is 9.77. The van der Waals surface area contributed by atoms with Crippen LogP contribution >= 0.6 is 11.7 Å². The molecule has 7 rings (SSSR count). The molecule has 0 atom stereocenters. The Labute approximate surface area is 249 Å². The maximum Gasteiger partial charge on any atom is 0.113 e. The highest BCUT2D eigenvalue weighted by atomic mass is 32.1. The third-order valence-corrected chi connectivity index (χ3v) is 8.01. The number of nitriles is 4. The topological polar surface area (TPSA) is 134 Å². The van der Waals surface area contributed by atoms with E-state index in [9.17, 15) is 21.0 Å². The molecule has 43 heavy (non-hydrogen) atoms. The van der Waals surface area contributed by atoms with Crippen LogP contribution in [0.25, 0.3) is 66.2 Å². The van der Waals surface area contributed by atoms with Gasteiger partial charge in [0.1, 0.15) is 11.0 Å².